The van der Waals surface area contributed by atoms with E-state index in [9.17, 15) is 4.79 Å². The van der Waals surface area contributed by atoms with E-state index in [2.05, 4.69) is 13.5 Å². The molecule has 0 unspecified atom stereocenters. The first kappa shape index (κ1) is 9.75. The molecule has 2 bridgehead atoms. The Morgan fingerprint density at radius 2 is 1.93 bits per heavy atom. The van der Waals surface area contributed by atoms with Gasteiger partial charge in [-0.05, 0) is 37.5 Å². The lowest BCUT2D eigenvalue weighted by molar-refractivity contribution is -0.158. The minimum absolute atomic E-state index is 0.0274. The summed E-state index contributed by atoms with van der Waals surface area (Å²) < 4.78 is 4.91. The van der Waals surface area contributed by atoms with Gasteiger partial charge in [-0.2, -0.15) is 0 Å². The molecule has 14 heavy (non-hydrogen) atoms. The van der Waals surface area contributed by atoms with Gasteiger partial charge in [0.25, 0.3) is 0 Å². The molecule has 0 spiro atoms. The van der Waals surface area contributed by atoms with Crippen LogP contribution in [0.3, 0.4) is 0 Å². The van der Waals surface area contributed by atoms with E-state index in [-0.39, 0.29) is 11.4 Å². The van der Waals surface area contributed by atoms with Crippen LogP contribution in [0, 0.1) is 10.8 Å². The fraction of sp³-hybridized carbons (Fsp3) is 0.750. The topological polar surface area (TPSA) is 26.3 Å². The van der Waals surface area contributed by atoms with Crippen LogP contribution < -0.4 is 0 Å². The molecule has 2 nitrogen and oxygen atoms in total. The molecule has 78 valence electrons. The third-order valence-corrected chi connectivity index (χ3v) is 4.33. The summed E-state index contributed by atoms with van der Waals surface area (Å²) in [6, 6.07) is 0. The van der Waals surface area contributed by atoms with Crippen LogP contribution in [-0.4, -0.2) is 13.1 Å². The maximum absolute atomic E-state index is 11.7. The lowest BCUT2D eigenvalue weighted by atomic mass is 9.52. The molecule has 3 rings (SSSR count). The minimum atomic E-state index is -0.219. The monoisotopic (exact) mass is 194 g/mol. The quantitative estimate of drug-likeness (QED) is 0.474. The van der Waals surface area contributed by atoms with E-state index in [0.717, 1.165) is 32.1 Å². The van der Waals surface area contributed by atoms with E-state index in [1.54, 1.807) is 0 Å². The largest absolute Gasteiger partial charge is 0.469 e. The maximum Gasteiger partial charge on any atom is 0.312 e. The summed E-state index contributed by atoms with van der Waals surface area (Å²) in [5, 5.41) is 0. The van der Waals surface area contributed by atoms with Gasteiger partial charge in [0.15, 0.2) is 0 Å². The van der Waals surface area contributed by atoms with Crippen LogP contribution in [0.1, 0.15) is 39.0 Å². The number of carbonyl (C=O) groups excluding carboxylic acids is 1. The first-order chi connectivity index (χ1) is 6.52. The first-order valence-corrected chi connectivity index (χ1v) is 5.29. The van der Waals surface area contributed by atoms with Gasteiger partial charge in [0.2, 0.25) is 0 Å². The summed E-state index contributed by atoms with van der Waals surface area (Å²) in [6.45, 7) is 6.40. The van der Waals surface area contributed by atoms with E-state index in [4.69, 9.17) is 4.74 Å². The molecular weight excluding hydrogens is 176 g/mol. The minimum Gasteiger partial charge on any atom is -0.469 e. The van der Waals surface area contributed by atoms with E-state index < -0.39 is 0 Å². The Bertz CT molecular complexity index is 281. The Morgan fingerprint density at radius 3 is 2.36 bits per heavy atom. The van der Waals surface area contributed by atoms with E-state index in [1.165, 1.54) is 12.7 Å². The molecule has 0 radical (unpaired) electrons. The third kappa shape index (κ3) is 1.13. The highest BCUT2D eigenvalue weighted by molar-refractivity contribution is 5.78. The molecule has 3 aliphatic rings. The van der Waals surface area contributed by atoms with Crippen LogP contribution in [-0.2, 0) is 9.53 Å². The number of allylic oxidation sites excluding steroid dienone is 1. The highest BCUT2D eigenvalue weighted by Crippen LogP contribution is 2.59. The van der Waals surface area contributed by atoms with Crippen molar-refractivity contribution in [3.63, 3.8) is 0 Å². The Kier molecular flexibility index (Phi) is 1.98. The number of hydrogen-bond acceptors (Lipinski definition) is 2. The SMILES string of the molecule is C=C1CC2(C(=O)OC)CCC1(C)CC2. The van der Waals surface area contributed by atoms with Gasteiger partial charge in [-0.1, -0.05) is 19.1 Å². The zero-order valence-electron chi connectivity index (χ0n) is 9.06. The van der Waals surface area contributed by atoms with Crippen molar-refractivity contribution in [1.29, 1.82) is 0 Å². The highest BCUT2D eigenvalue weighted by atomic mass is 16.5. The van der Waals surface area contributed by atoms with E-state index in [1.807, 2.05) is 0 Å². The molecule has 0 aliphatic heterocycles. The summed E-state index contributed by atoms with van der Waals surface area (Å²) in [5.41, 5.74) is 1.33. The fourth-order valence-corrected chi connectivity index (χ4v) is 2.93. The molecule has 3 aliphatic carbocycles. The van der Waals surface area contributed by atoms with Gasteiger partial charge in [0.05, 0.1) is 12.5 Å². The normalized spacial score (nSPS) is 41.1. The number of carbonyl (C=O) groups is 1. The number of hydrogen-bond donors (Lipinski definition) is 0. The summed E-state index contributed by atoms with van der Waals surface area (Å²) >= 11 is 0. The Labute approximate surface area is 85.3 Å². The van der Waals surface area contributed by atoms with Crippen LogP contribution in [0.5, 0.6) is 0 Å². The van der Waals surface area contributed by atoms with Crippen molar-refractivity contribution in [3.05, 3.63) is 12.2 Å². The Hall–Kier alpha value is -0.790. The van der Waals surface area contributed by atoms with Gasteiger partial charge >= 0.3 is 5.97 Å². The van der Waals surface area contributed by atoms with Crippen molar-refractivity contribution in [3.8, 4) is 0 Å². The van der Waals surface area contributed by atoms with Crippen LogP contribution >= 0.6 is 0 Å². The van der Waals surface area contributed by atoms with Gasteiger partial charge in [-0.3, -0.25) is 4.79 Å². The second-order valence-electron chi connectivity index (χ2n) is 5.11. The van der Waals surface area contributed by atoms with Crippen LogP contribution in [0.2, 0.25) is 0 Å². The standard InChI is InChI=1S/C12H18O2/c1-9-8-12(10(13)14-3)6-4-11(9,2)5-7-12/h1,4-8H2,2-3H3. The molecule has 0 aromatic rings. The zero-order chi connectivity index (χ0) is 10.4. The number of methoxy groups -OCH3 is 1. The van der Waals surface area contributed by atoms with E-state index >= 15 is 0 Å². The number of esters is 1. The molecule has 3 fully saturated rings. The van der Waals surface area contributed by atoms with Gasteiger partial charge < -0.3 is 4.74 Å². The van der Waals surface area contributed by atoms with Crippen molar-refractivity contribution >= 4 is 5.97 Å². The Balaban J connectivity index is 2.26. The van der Waals surface area contributed by atoms with Crippen molar-refractivity contribution in [2.45, 2.75) is 39.0 Å². The van der Waals surface area contributed by atoms with Crippen LogP contribution in [0.4, 0.5) is 0 Å². The van der Waals surface area contributed by atoms with Crippen molar-refractivity contribution < 1.29 is 9.53 Å². The van der Waals surface area contributed by atoms with Crippen LogP contribution in [0.15, 0.2) is 12.2 Å². The lowest BCUT2D eigenvalue weighted by Gasteiger charge is -2.51. The summed E-state index contributed by atoms with van der Waals surface area (Å²) in [6.07, 6.45) is 5.00. The number of fused-ring (bicyclic) bond motifs is 3. The average Bonchev–Trinajstić information content (AvgIpc) is 2.19. The molecular formula is C12H18O2. The molecule has 3 saturated carbocycles. The summed E-state index contributed by atoms with van der Waals surface area (Å²) in [4.78, 5) is 11.7. The summed E-state index contributed by atoms with van der Waals surface area (Å²) in [7, 11) is 1.49. The first-order valence-electron chi connectivity index (χ1n) is 5.29. The molecule has 0 heterocycles. The zero-order valence-corrected chi connectivity index (χ0v) is 9.06. The van der Waals surface area contributed by atoms with Gasteiger partial charge in [0.1, 0.15) is 0 Å². The molecule has 0 aromatic carbocycles. The number of rotatable bonds is 1. The van der Waals surface area contributed by atoms with E-state index in [0.29, 0.717) is 5.41 Å². The van der Waals surface area contributed by atoms with Crippen LogP contribution in [0.25, 0.3) is 0 Å². The molecule has 0 amide bonds. The van der Waals surface area contributed by atoms with Crippen molar-refractivity contribution in [1.82, 2.24) is 0 Å². The third-order valence-electron chi connectivity index (χ3n) is 4.33. The predicted molar refractivity (Wildman–Crippen MR) is 54.8 cm³/mol. The predicted octanol–water partition coefficient (Wildman–Crippen LogP) is 2.69. The Morgan fingerprint density at radius 1 is 1.36 bits per heavy atom. The lowest BCUT2D eigenvalue weighted by Crippen LogP contribution is -2.46. The van der Waals surface area contributed by atoms with Gasteiger partial charge in [-0.25, -0.2) is 0 Å². The number of ether oxygens (including phenoxy) is 1. The average molecular weight is 194 g/mol. The second kappa shape index (κ2) is 2.85. The molecule has 2 heteroatoms. The smallest absolute Gasteiger partial charge is 0.312 e. The molecule has 0 aromatic heterocycles. The highest BCUT2D eigenvalue weighted by Gasteiger charge is 2.52. The maximum atomic E-state index is 11.7. The molecule has 0 N–H and O–H groups in total. The fourth-order valence-electron chi connectivity index (χ4n) is 2.93. The summed E-state index contributed by atoms with van der Waals surface area (Å²) in [5.74, 6) is -0.0274. The van der Waals surface area contributed by atoms with Crippen molar-refractivity contribution in [2.75, 3.05) is 7.11 Å². The van der Waals surface area contributed by atoms with Crippen molar-refractivity contribution in [2.24, 2.45) is 10.8 Å². The molecule has 0 saturated heterocycles. The van der Waals surface area contributed by atoms with Gasteiger partial charge in [-0.15, -0.1) is 0 Å². The second-order valence-corrected chi connectivity index (χ2v) is 5.11. The van der Waals surface area contributed by atoms with Gasteiger partial charge in [0, 0.05) is 0 Å². The molecule has 0 atom stereocenters.